The number of piperazine rings is 1. The fourth-order valence-electron chi connectivity index (χ4n) is 4.10. The van der Waals surface area contributed by atoms with Gasteiger partial charge in [0.15, 0.2) is 0 Å². The van der Waals surface area contributed by atoms with E-state index in [1.165, 1.54) is 19.3 Å². The molecule has 26 heavy (non-hydrogen) atoms. The summed E-state index contributed by atoms with van der Waals surface area (Å²) in [7, 11) is 0. The first-order valence-corrected chi connectivity index (χ1v) is 9.82. The number of pyridine rings is 1. The van der Waals surface area contributed by atoms with Gasteiger partial charge in [0.25, 0.3) is 0 Å². The zero-order valence-corrected chi connectivity index (χ0v) is 15.2. The van der Waals surface area contributed by atoms with Crippen molar-refractivity contribution in [1.29, 1.82) is 0 Å². The molecule has 3 heterocycles. The first kappa shape index (κ1) is 17.4. The Kier molecular flexibility index (Phi) is 5.15. The maximum atomic E-state index is 12.4. The average Bonchev–Trinajstić information content (AvgIpc) is 2.61. The van der Waals surface area contributed by atoms with E-state index >= 15 is 0 Å². The zero-order valence-electron chi connectivity index (χ0n) is 15.2. The normalized spacial score (nSPS) is 22.9. The Balaban J connectivity index is 1.21. The van der Waals surface area contributed by atoms with Gasteiger partial charge in [0.1, 0.15) is 6.10 Å². The van der Waals surface area contributed by atoms with Gasteiger partial charge in [0.2, 0.25) is 5.56 Å². The minimum atomic E-state index is -0.159. The Hall–Kier alpha value is -2.02. The quantitative estimate of drug-likeness (QED) is 0.888. The highest BCUT2D eigenvalue weighted by molar-refractivity contribution is 5.68. The maximum absolute atomic E-state index is 12.4. The minimum absolute atomic E-state index is 0.0228. The van der Waals surface area contributed by atoms with E-state index in [0.29, 0.717) is 0 Å². The molecule has 1 aromatic rings. The summed E-state index contributed by atoms with van der Waals surface area (Å²) in [5, 5.41) is 0. The number of aromatic amines is 1. The van der Waals surface area contributed by atoms with Gasteiger partial charge < -0.3 is 19.5 Å². The van der Waals surface area contributed by atoms with Crippen LogP contribution < -0.4 is 10.5 Å². The highest BCUT2D eigenvalue weighted by atomic mass is 16.6. The molecule has 4 rings (SSSR count). The van der Waals surface area contributed by atoms with Crippen molar-refractivity contribution >= 4 is 11.8 Å². The topological polar surface area (TPSA) is 68.9 Å². The van der Waals surface area contributed by atoms with Crippen LogP contribution in [0.2, 0.25) is 0 Å². The Morgan fingerprint density at radius 2 is 1.77 bits per heavy atom. The number of hydrogen-bond acceptors (Lipinski definition) is 5. The van der Waals surface area contributed by atoms with Crippen LogP contribution in [0.5, 0.6) is 0 Å². The fourth-order valence-corrected chi connectivity index (χ4v) is 4.10. The Morgan fingerprint density at radius 3 is 2.38 bits per heavy atom. The number of rotatable bonds is 3. The van der Waals surface area contributed by atoms with Crippen molar-refractivity contribution in [3.8, 4) is 0 Å². The molecule has 1 N–H and O–H groups in total. The lowest BCUT2D eigenvalue weighted by Gasteiger charge is -2.43. The molecular weight excluding hydrogens is 332 g/mol. The van der Waals surface area contributed by atoms with Gasteiger partial charge in [-0.2, -0.15) is 0 Å². The summed E-state index contributed by atoms with van der Waals surface area (Å²) in [6.45, 7) is 5.11. The molecule has 1 saturated carbocycles. The van der Waals surface area contributed by atoms with Crippen molar-refractivity contribution in [3.05, 3.63) is 28.7 Å². The molecule has 2 saturated heterocycles. The standard InChI is InChI=1S/C19H28N4O3/c24-18-14-16(4-7-20-18)21-8-5-17(6-9-21)26-19(25)23-12-10-22(11-13-23)15-2-1-3-15/h4,7,14-15,17H,1-3,5-6,8-13H2,(H,20,24). The number of aromatic nitrogens is 1. The number of anilines is 1. The van der Waals surface area contributed by atoms with Crippen molar-refractivity contribution in [2.75, 3.05) is 44.2 Å². The molecule has 3 fully saturated rings. The minimum Gasteiger partial charge on any atom is -0.446 e. The summed E-state index contributed by atoms with van der Waals surface area (Å²) in [4.78, 5) is 33.1. The summed E-state index contributed by atoms with van der Waals surface area (Å²) in [5.41, 5.74) is 0.850. The SMILES string of the molecule is O=C(OC1CCN(c2cc[nH]c(=O)c2)CC1)N1CCN(C2CCC2)CC1. The van der Waals surface area contributed by atoms with Crippen LogP contribution in [0, 0.1) is 0 Å². The smallest absolute Gasteiger partial charge is 0.410 e. The van der Waals surface area contributed by atoms with E-state index in [-0.39, 0.29) is 17.8 Å². The fraction of sp³-hybridized carbons (Fsp3) is 0.684. The van der Waals surface area contributed by atoms with Crippen molar-refractivity contribution in [2.45, 2.75) is 44.2 Å². The number of nitrogens with zero attached hydrogens (tertiary/aromatic N) is 3. The van der Waals surface area contributed by atoms with E-state index in [2.05, 4.69) is 14.8 Å². The molecule has 3 aliphatic rings. The van der Waals surface area contributed by atoms with Gasteiger partial charge in [0.05, 0.1) is 0 Å². The number of carbonyl (C=O) groups is 1. The van der Waals surface area contributed by atoms with Gasteiger partial charge in [-0.1, -0.05) is 6.42 Å². The predicted octanol–water partition coefficient (Wildman–Crippen LogP) is 1.65. The van der Waals surface area contributed by atoms with Gasteiger partial charge in [-0.05, 0) is 18.9 Å². The second-order valence-corrected chi connectivity index (χ2v) is 7.59. The molecule has 0 spiro atoms. The van der Waals surface area contributed by atoms with E-state index < -0.39 is 0 Å². The van der Waals surface area contributed by atoms with Crippen LogP contribution in [0.15, 0.2) is 23.1 Å². The summed E-state index contributed by atoms with van der Waals surface area (Å²) in [6.07, 6.45) is 7.09. The molecule has 0 bridgehead atoms. The number of nitrogens with one attached hydrogen (secondary N) is 1. The van der Waals surface area contributed by atoms with Crippen molar-refractivity contribution in [2.24, 2.45) is 0 Å². The molecule has 142 valence electrons. The van der Waals surface area contributed by atoms with Crippen LogP contribution in [-0.4, -0.2) is 72.3 Å². The molecule has 0 atom stereocenters. The second-order valence-electron chi connectivity index (χ2n) is 7.59. The third kappa shape index (κ3) is 3.87. The van der Waals surface area contributed by atoms with Gasteiger partial charge in [-0.15, -0.1) is 0 Å². The lowest BCUT2D eigenvalue weighted by Crippen LogP contribution is -2.54. The first-order chi connectivity index (χ1) is 12.7. The van der Waals surface area contributed by atoms with Crippen molar-refractivity contribution < 1.29 is 9.53 Å². The molecule has 1 aromatic heterocycles. The van der Waals surface area contributed by atoms with E-state index in [9.17, 15) is 9.59 Å². The van der Waals surface area contributed by atoms with Crippen LogP contribution >= 0.6 is 0 Å². The summed E-state index contributed by atoms with van der Waals surface area (Å²) >= 11 is 0. The lowest BCUT2D eigenvalue weighted by atomic mass is 9.91. The summed E-state index contributed by atoms with van der Waals surface area (Å²) < 4.78 is 5.75. The Morgan fingerprint density at radius 1 is 1.04 bits per heavy atom. The molecule has 2 aliphatic heterocycles. The average molecular weight is 360 g/mol. The third-order valence-corrected chi connectivity index (χ3v) is 6.00. The van der Waals surface area contributed by atoms with Crippen LogP contribution in [0.1, 0.15) is 32.1 Å². The predicted molar refractivity (Wildman–Crippen MR) is 99.6 cm³/mol. The van der Waals surface area contributed by atoms with Gasteiger partial charge in [-0.3, -0.25) is 9.69 Å². The first-order valence-electron chi connectivity index (χ1n) is 9.82. The van der Waals surface area contributed by atoms with E-state index in [0.717, 1.165) is 63.8 Å². The van der Waals surface area contributed by atoms with Gasteiger partial charge in [0, 0.05) is 76.1 Å². The Bertz CT molecular complexity index is 671. The summed E-state index contributed by atoms with van der Waals surface area (Å²) in [6, 6.07) is 4.28. The van der Waals surface area contributed by atoms with E-state index in [4.69, 9.17) is 4.74 Å². The second kappa shape index (κ2) is 7.70. The number of amides is 1. The maximum Gasteiger partial charge on any atom is 0.410 e. The largest absolute Gasteiger partial charge is 0.446 e. The number of H-pyrrole nitrogens is 1. The molecule has 1 amide bonds. The number of hydrogen-bond donors (Lipinski definition) is 1. The third-order valence-electron chi connectivity index (χ3n) is 6.00. The van der Waals surface area contributed by atoms with Crippen LogP contribution in [-0.2, 0) is 4.74 Å². The number of carbonyl (C=O) groups excluding carboxylic acids is 1. The number of piperidine rings is 1. The molecule has 7 nitrogen and oxygen atoms in total. The van der Waals surface area contributed by atoms with Gasteiger partial charge in [-0.25, -0.2) is 4.79 Å². The highest BCUT2D eigenvalue weighted by Crippen LogP contribution is 2.26. The molecule has 0 unspecified atom stereocenters. The molecule has 0 aromatic carbocycles. The van der Waals surface area contributed by atoms with Crippen LogP contribution in [0.4, 0.5) is 10.5 Å². The molecule has 0 radical (unpaired) electrons. The van der Waals surface area contributed by atoms with Gasteiger partial charge >= 0.3 is 6.09 Å². The van der Waals surface area contributed by atoms with Crippen LogP contribution in [0.3, 0.4) is 0 Å². The molecule has 1 aliphatic carbocycles. The van der Waals surface area contributed by atoms with E-state index in [1.54, 1.807) is 12.3 Å². The van der Waals surface area contributed by atoms with Crippen LogP contribution in [0.25, 0.3) is 0 Å². The lowest BCUT2D eigenvalue weighted by molar-refractivity contribution is 0.0230. The Labute approximate surface area is 153 Å². The van der Waals surface area contributed by atoms with Crippen molar-refractivity contribution in [1.82, 2.24) is 14.8 Å². The zero-order chi connectivity index (χ0) is 17.9. The monoisotopic (exact) mass is 360 g/mol. The van der Waals surface area contributed by atoms with Crippen molar-refractivity contribution in [3.63, 3.8) is 0 Å². The molecule has 7 heteroatoms. The molecular formula is C19H28N4O3. The number of ether oxygens (including phenoxy) is 1. The van der Waals surface area contributed by atoms with E-state index in [1.807, 2.05) is 11.0 Å². The highest BCUT2D eigenvalue weighted by Gasteiger charge is 2.31. The summed E-state index contributed by atoms with van der Waals surface area (Å²) in [5.74, 6) is 0.